The lowest BCUT2D eigenvalue weighted by molar-refractivity contribution is 0.0984. The van der Waals surface area contributed by atoms with Crippen molar-refractivity contribution >= 4 is 16.8 Å². The molecule has 2 heterocycles. The Balaban J connectivity index is 1.94. The summed E-state index contributed by atoms with van der Waals surface area (Å²) in [5.41, 5.74) is 4.46. The quantitative estimate of drug-likeness (QED) is 0.692. The fraction of sp³-hybridized carbons (Fsp3) is 0.235. The number of hydrogen-bond donors (Lipinski definition) is 0. The van der Waals surface area contributed by atoms with Gasteiger partial charge in [0.15, 0.2) is 5.78 Å². The molecule has 0 unspecified atom stereocenters. The largest absolute Gasteiger partial charge is 0.331 e. The molecular formula is C17H17N3O. The van der Waals surface area contributed by atoms with Crippen molar-refractivity contribution in [2.45, 2.75) is 20.3 Å². The molecule has 0 aliphatic heterocycles. The van der Waals surface area contributed by atoms with Crippen molar-refractivity contribution < 1.29 is 4.79 Å². The summed E-state index contributed by atoms with van der Waals surface area (Å²) >= 11 is 0. The number of fused-ring (bicyclic) bond motifs is 1. The van der Waals surface area contributed by atoms with Crippen molar-refractivity contribution in [3.8, 4) is 0 Å². The molecule has 0 atom stereocenters. The number of aromatic nitrogens is 3. The van der Waals surface area contributed by atoms with Crippen molar-refractivity contribution in [3.05, 3.63) is 59.2 Å². The smallest absolute Gasteiger partial charge is 0.188 e. The van der Waals surface area contributed by atoms with Gasteiger partial charge in [-0.05, 0) is 37.1 Å². The second-order valence-corrected chi connectivity index (χ2v) is 5.35. The van der Waals surface area contributed by atoms with Crippen molar-refractivity contribution in [1.29, 1.82) is 0 Å². The first kappa shape index (κ1) is 13.5. The standard InChI is InChI=1S/C17H17N3O/c1-11-8-12(2)17(18-10-11)15(21)9-16-19-13-6-4-5-7-14(13)20(16)3/h4-8,10H,9H2,1-3H3. The van der Waals surface area contributed by atoms with Crippen LogP contribution >= 0.6 is 0 Å². The summed E-state index contributed by atoms with van der Waals surface area (Å²) in [6.45, 7) is 3.89. The van der Waals surface area contributed by atoms with E-state index in [1.807, 2.05) is 55.8 Å². The Labute approximate surface area is 123 Å². The first-order chi connectivity index (χ1) is 10.1. The fourth-order valence-corrected chi connectivity index (χ4v) is 2.59. The number of carbonyl (C=O) groups excluding carboxylic acids is 1. The maximum absolute atomic E-state index is 12.5. The first-order valence-corrected chi connectivity index (χ1v) is 6.93. The molecule has 0 spiro atoms. The van der Waals surface area contributed by atoms with Crippen LogP contribution in [0.15, 0.2) is 36.5 Å². The van der Waals surface area contributed by atoms with E-state index < -0.39 is 0 Å². The van der Waals surface area contributed by atoms with E-state index >= 15 is 0 Å². The van der Waals surface area contributed by atoms with Gasteiger partial charge in [-0.2, -0.15) is 0 Å². The van der Waals surface area contributed by atoms with Gasteiger partial charge in [0, 0.05) is 13.2 Å². The third-order valence-corrected chi connectivity index (χ3v) is 3.68. The maximum Gasteiger partial charge on any atom is 0.188 e. The van der Waals surface area contributed by atoms with Gasteiger partial charge in [0.25, 0.3) is 0 Å². The highest BCUT2D eigenvalue weighted by molar-refractivity contribution is 5.97. The number of nitrogens with zero attached hydrogens (tertiary/aromatic N) is 3. The number of carbonyl (C=O) groups is 1. The van der Waals surface area contributed by atoms with Crippen LogP contribution in [0.5, 0.6) is 0 Å². The van der Waals surface area contributed by atoms with Crippen LogP contribution in [0.25, 0.3) is 11.0 Å². The van der Waals surface area contributed by atoms with Gasteiger partial charge in [0.2, 0.25) is 0 Å². The highest BCUT2D eigenvalue weighted by atomic mass is 16.1. The Morgan fingerprint density at radius 3 is 2.71 bits per heavy atom. The molecule has 106 valence electrons. The molecule has 0 N–H and O–H groups in total. The first-order valence-electron chi connectivity index (χ1n) is 6.93. The topological polar surface area (TPSA) is 47.8 Å². The minimum atomic E-state index is 0.00547. The van der Waals surface area contributed by atoms with Gasteiger partial charge in [0.1, 0.15) is 11.5 Å². The zero-order chi connectivity index (χ0) is 15.0. The van der Waals surface area contributed by atoms with Gasteiger partial charge in [-0.15, -0.1) is 0 Å². The molecule has 0 radical (unpaired) electrons. The van der Waals surface area contributed by atoms with Gasteiger partial charge >= 0.3 is 0 Å². The molecule has 0 bridgehead atoms. The van der Waals surface area contributed by atoms with Gasteiger partial charge in [-0.1, -0.05) is 18.2 Å². The average molecular weight is 279 g/mol. The predicted molar refractivity (Wildman–Crippen MR) is 82.5 cm³/mol. The van der Waals surface area contributed by atoms with Crippen LogP contribution in [0.4, 0.5) is 0 Å². The van der Waals surface area contributed by atoms with E-state index in [0.29, 0.717) is 5.69 Å². The van der Waals surface area contributed by atoms with E-state index in [1.165, 1.54) is 0 Å². The Hall–Kier alpha value is -2.49. The second-order valence-electron chi connectivity index (χ2n) is 5.35. The van der Waals surface area contributed by atoms with E-state index in [0.717, 1.165) is 28.0 Å². The molecule has 4 heteroatoms. The second kappa shape index (κ2) is 5.13. The van der Waals surface area contributed by atoms with Gasteiger partial charge in [-0.25, -0.2) is 4.98 Å². The molecule has 0 amide bonds. The molecule has 2 aromatic heterocycles. The molecule has 0 aliphatic carbocycles. The van der Waals surface area contributed by atoms with Gasteiger partial charge in [-0.3, -0.25) is 9.78 Å². The van der Waals surface area contributed by atoms with Crippen LogP contribution in [0, 0.1) is 13.8 Å². The zero-order valence-corrected chi connectivity index (χ0v) is 12.4. The normalized spacial score (nSPS) is 11.0. The molecule has 21 heavy (non-hydrogen) atoms. The SMILES string of the molecule is Cc1cnc(C(=O)Cc2nc3ccccc3n2C)c(C)c1. The van der Waals surface area contributed by atoms with E-state index in [2.05, 4.69) is 9.97 Å². The summed E-state index contributed by atoms with van der Waals surface area (Å²) in [5.74, 6) is 0.772. The van der Waals surface area contributed by atoms with E-state index in [4.69, 9.17) is 0 Å². The van der Waals surface area contributed by atoms with Gasteiger partial charge in [0.05, 0.1) is 17.5 Å². The summed E-state index contributed by atoms with van der Waals surface area (Å²) in [6, 6.07) is 9.87. The Bertz CT molecular complexity index is 833. The number of ketones is 1. The molecule has 1 aromatic carbocycles. The lowest BCUT2D eigenvalue weighted by Crippen LogP contribution is -2.11. The summed E-state index contributed by atoms with van der Waals surface area (Å²) in [7, 11) is 1.94. The molecule has 0 fully saturated rings. The van der Waals surface area contributed by atoms with Crippen LogP contribution in [0.2, 0.25) is 0 Å². The van der Waals surface area contributed by atoms with E-state index in [9.17, 15) is 4.79 Å². The Kier molecular flexibility index (Phi) is 3.29. The average Bonchev–Trinajstić information content (AvgIpc) is 2.76. The van der Waals surface area contributed by atoms with Crippen LogP contribution in [-0.4, -0.2) is 20.3 Å². The monoisotopic (exact) mass is 279 g/mol. The molecule has 3 aromatic rings. The maximum atomic E-state index is 12.5. The number of para-hydroxylation sites is 2. The predicted octanol–water partition coefficient (Wildman–Crippen LogP) is 3.01. The third kappa shape index (κ3) is 2.44. The van der Waals surface area contributed by atoms with E-state index in [-0.39, 0.29) is 12.2 Å². The number of benzene rings is 1. The lowest BCUT2D eigenvalue weighted by atomic mass is 10.1. The summed E-state index contributed by atoms with van der Waals surface area (Å²) in [4.78, 5) is 21.3. The van der Waals surface area contributed by atoms with Crippen LogP contribution < -0.4 is 0 Å². The van der Waals surface area contributed by atoms with Crippen LogP contribution in [0.3, 0.4) is 0 Å². The van der Waals surface area contributed by atoms with Gasteiger partial charge < -0.3 is 4.57 Å². The van der Waals surface area contributed by atoms with Crippen molar-refractivity contribution in [2.24, 2.45) is 7.05 Å². The van der Waals surface area contributed by atoms with Crippen LogP contribution in [-0.2, 0) is 13.5 Å². The minimum Gasteiger partial charge on any atom is -0.331 e. The summed E-state index contributed by atoms with van der Waals surface area (Å²) in [6.07, 6.45) is 2.00. The van der Waals surface area contributed by atoms with E-state index in [1.54, 1.807) is 6.20 Å². The zero-order valence-electron chi connectivity index (χ0n) is 12.4. The number of hydrogen-bond acceptors (Lipinski definition) is 3. The fourth-order valence-electron chi connectivity index (χ4n) is 2.59. The summed E-state index contributed by atoms with van der Waals surface area (Å²) in [5, 5.41) is 0. The number of aryl methyl sites for hydroxylation is 3. The molecular weight excluding hydrogens is 262 g/mol. The van der Waals surface area contributed by atoms with Crippen LogP contribution in [0.1, 0.15) is 27.4 Å². The third-order valence-electron chi connectivity index (χ3n) is 3.68. The lowest BCUT2D eigenvalue weighted by Gasteiger charge is -2.05. The van der Waals surface area contributed by atoms with Crippen molar-refractivity contribution in [3.63, 3.8) is 0 Å². The molecule has 0 saturated heterocycles. The molecule has 4 nitrogen and oxygen atoms in total. The minimum absolute atomic E-state index is 0.00547. The number of pyridine rings is 1. The summed E-state index contributed by atoms with van der Waals surface area (Å²) < 4.78 is 1.97. The number of Topliss-reactive ketones (excluding diaryl/α,β-unsaturated/α-hetero) is 1. The highest BCUT2D eigenvalue weighted by Gasteiger charge is 2.16. The number of rotatable bonds is 3. The number of imidazole rings is 1. The Morgan fingerprint density at radius 2 is 2.00 bits per heavy atom. The molecule has 0 aliphatic rings. The highest BCUT2D eigenvalue weighted by Crippen LogP contribution is 2.16. The Morgan fingerprint density at radius 1 is 1.24 bits per heavy atom. The van der Waals surface area contributed by atoms with Crippen molar-refractivity contribution in [1.82, 2.24) is 14.5 Å². The molecule has 3 rings (SSSR count). The molecule has 0 saturated carbocycles. The van der Waals surface area contributed by atoms with Crippen molar-refractivity contribution in [2.75, 3.05) is 0 Å².